The largest absolute Gasteiger partial charge is 0.465 e. The van der Waals surface area contributed by atoms with E-state index in [9.17, 15) is 14.4 Å². The molecule has 0 saturated carbocycles. The summed E-state index contributed by atoms with van der Waals surface area (Å²) in [5, 5.41) is 3.12. The predicted octanol–water partition coefficient (Wildman–Crippen LogP) is 3.32. The Morgan fingerprint density at radius 1 is 1.10 bits per heavy atom. The average Bonchev–Trinajstić information content (AvgIpc) is 2.77. The zero-order chi connectivity index (χ0) is 21.8. The van der Waals surface area contributed by atoms with Crippen molar-refractivity contribution < 1.29 is 23.9 Å². The van der Waals surface area contributed by atoms with E-state index in [0.29, 0.717) is 58.3 Å². The van der Waals surface area contributed by atoms with E-state index in [1.165, 1.54) is 0 Å². The van der Waals surface area contributed by atoms with Crippen molar-refractivity contribution in [2.75, 3.05) is 26.2 Å². The number of ketones is 1. The van der Waals surface area contributed by atoms with Gasteiger partial charge in [-0.1, -0.05) is 37.3 Å². The molecule has 1 aliphatic heterocycles. The van der Waals surface area contributed by atoms with Crippen LogP contribution in [0.15, 0.2) is 30.3 Å². The van der Waals surface area contributed by atoms with Gasteiger partial charge in [0.1, 0.15) is 18.4 Å². The molecule has 1 fully saturated rings. The predicted molar refractivity (Wildman–Crippen MR) is 114 cm³/mol. The van der Waals surface area contributed by atoms with Gasteiger partial charge in [0.15, 0.2) is 0 Å². The van der Waals surface area contributed by atoms with Gasteiger partial charge in [0.2, 0.25) is 0 Å². The fourth-order valence-electron chi connectivity index (χ4n) is 3.67. The van der Waals surface area contributed by atoms with Crippen molar-refractivity contribution in [2.24, 2.45) is 5.92 Å². The summed E-state index contributed by atoms with van der Waals surface area (Å²) in [7, 11) is 0. The first-order chi connectivity index (χ1) is 14.5. The summed E-state index contributed by atoms with van der Waals surface area (Å²) in [4.78, 5) is 38.4. The summed E-state index contributed by atoms with van der Waals surface area (Å²) in [6.45, 7) is 6.08. The number of amides is 1. The van der Waals surface area contributed by atoms with Crippen molar-refractivity contribution in [3.05, 3.63) is 35.9 Å². The van der Waals surface area contributed by atoms with Crippen LogP contribution in [0.1, 0.15) is 51.5 Å². The van der Waals surface area contributed by atoms with Gasteiger partial charge >= 0.3 is 12.1 Å². The summed E-state index contributed by atoms with van der Waals surface area (Å²) < 4.78 is 10.4. The summed E-state index contributed by atoms with van der Waals surface area (Å²) in [6, 6.07) is 9.22. The number of carbonyl (C=O) groups is 3. The van der Waals surface area contributed by atoms with Gasteiger partial charge in [0.25, 0.3) is 0 Å². The third-order valence-electron chi connectivity index (χ3n) is 5.35. The lowest BCUT2D eigenvalue weighted by Gasteiger charge is -2.30. The first kappa shape index (κ1) is 23.9. The third-order valence-corrected chi connectivity index (χ3v) is 5.35. The van der Waals surface area contributed by atoms with E-state index >= 15 is 0 Å². The topological polar surface area (TPSA) is 84.9 Å². The van der Waals surface area contributed by atoms with Crippen LogP contribution in [-0.2, 0) is 25.7 Å². The van der Waals surface area contributed by atoms with Crippen LogP contribution in [0, 0.1) is 5.92 Å². The van der Waals surface area contributed by atoms with Crippen molar-refractivity contribution in [2.45, 2.75) is 58.6 Å². The Hall–Kier alpha value is -2.41. The molecule has 1 aromatic carbocycles. The molecule has 1 atom stereocenters. The van der Waals surface area contributed by atoms with Crippen LogP contribution in [-0.4, -0.2) is 55.0 Å². The maximum atomic E-state index is 12.5. The summed E-state index contributed by atoms with van der Waals surface area (Å²) in [5.41, 5.74) is 0.953. The number of esters is 1. The number of hydrogen-bond acceptors (Lipinski definition) is 6. The van der Waals surface area contributed by atoms with Crippen molar-refractivity contribution in [1.29, 1.82) is 0 Å². The molecule has 1 heterocycles. The van der Waals surface area contributed by atoms with E-state index in [0.717, 1.165) is 5.56 Å². The van der Waals surface area contributed by atoms with Crippen LogP contribution >= 0.6 is 0 Å². The average molecular weight is 419 g/mol. The lowest BCUT2D eigenvalue weighted by Crippen LogP contribution is -2.40. The number of likely N-dealkylation sites (N-methyl/N-ethyl adjacent to an activating group) is 1. The quantitative estimate of drug-likeness (QED) is 0.555. The van der Waals surface area contributed by atoms with E-state index in [1.54, 1.807) is 11.8 Å². The molecular formula is C23H34N2O5. The molecule has 0 aromatic heterocycles. The molecule has 1 N–H and O–H groups in total. The third kappa shape index (κ3) is 7.78. The summed E-state index contributed by atoms with van der Waals surface area (Å²) >= 11 is 0. The van der Waals surface area contributed by atoms with Crippen LogP contribution in [0.2, 0.25) is 0 Å². The van der Waals surface area contributed by atoms with Gasteiger partial charge in [-0.2, -0.15) is 0 Å². The molecular weight excluding hydrogens is 384 g/mol. The fourth-order valence-corrected chi connectivity index (χ4v) is 3.67. The van der Waals surface area contributed by atoms with Gasteiger partial charge in [-0.05, 0) is 44.7 Å². The molecule has 7 nitrogen and oxygen atoms in total. The summed E-state index contributed by atoms with van der Waals surface area (Å²) in [5.74, 6) is -0.0658. The van der Waals surface area contributed by atoms with E-state index in [2.05, 4.69) is 5.32 Å². The standard InChI is InChI=1S/C23H34N2O5/c1-3-24-20(22(27)29-4-2)11-8-12-21(26)19-13-15-25(16-14-19)23(28)30-17-18-9-6-5-7-10-18/h5-7,9-10,19-20,24H,3-4,8,11-17H2,1-2H3. The number of carbonyl (C=O) groups excluding carboxylic acids is 3. The van der Waals surface area contributed by atoms with Gasteiger partial charge in [-0.25, -0.2) is 4.79 Å². The SMILES string of the molecule is CCNC(CCCC(=O)C1CCN(C(=O)OCc2ccccc2)CC1)C(=O)OCC. The lowest BCUT2D eigenvalue weighted by atomic mass is 9.90. The Morgan fingerprint density at radius 3 is 2.43 bits per heavy atom. The zero-order valence-corrected chi connectivity index (χ0v) is 18.1. The van der Waals surface area contributed by atoms with E-state index in [-0.39, 0.29) is 36.4 Å². The zero-order valence-electron chi connectivity index (χ0n) is 18.1. The van der Waals surface area contributed by atoms with Crippen LogP contribution in [0.3, 0.4) is 0 Å². The first-order valence-corrected chi connectivity index (χ1v) is 10.9. The van der Waals surface area contributed by atoms with E-state index in [4.69, 9.17) is 9.47 Å². The van der Waals surface area contributed by atoms with Crippen molar-refractivity contribution in [3.8, 4) is 0 Å². The maximum absolute atomic E-state index is 12.5. The van der Waals surface area contributed by atoms with Crippen LogP contribution in [0.5, 0.6) is 0 Å². The molecule has 0 spiro atoms. The highest BCUT2D eigenvalue weighted by Crippen LogP contribution is 2.21. The second-order valence-electron chi connectivity index (χ2n) is 7.52. The van der Waals surface area contributed by atoms with Gasteiger partial charge in [0.05, 0.1) is 6.61 Å². The molecule has 0 bridgehead atoms. The van der Waals surface area contributed by atoms with Gasteiger partial charge in [0, 0.05) is 25.4 Å². The monoisotopic (exact) mass is 418 g/mol. The van der Waals surface area contributed by atoms with Crippen LogP contribution < -0.4 is 5.32 Å². The molecule has 166 valence electrons. The van der Waals surface area contributed by atoms with Crippen molar-refractivity contribution in [3.63, 3.8) is 0 Å². The molecule has 1 aromatic rings. The molecule has 2 rings (SSSR count). The Labute approximate surface area is 179 Å². The highest BCUT2D eigenvalue weighted by Gasteiger charge is 2.28. The number of hydrogen-bond donors (Lipinski definition) is 1. The molecule has 1 unspecified atom stereocenters. The minimum Gasteiger partial charge on any atom is -0.465 e. The van der Waals surface area contributed by atoms with Gasteiger partial charge in [-0.3, -0.25) is 9.59 Å². The second-order valence-corrected chi connectivity index (χ2v) is 7.52. The Morgan fingerprint density at radius 2 is 1.80 bits per heavy atom. The smallest absolute Gasteiger partial charge is 0.410 e. The number of piperidine rings is 1. The number of ether oxygens (including phenoxy) is 2. The molecule has 0 radical (unpaired) electrons. The second kappa shape index (κ2) is 13.0. The van der Waals surface area contributed by atoms with Crippen molar-refractivity contribution >= 4 is 17.8 Å². The number of nitrogens with zero attached hydrogens (tertiary/aromatic N) is 1. The number of nitrogens with one attached hydrogen (secondary N) is 1. The number of rotatable bonds is 11. The minimum absolute atomic E-state index is 0.0247. The van der Waals surface area contributed by atoms with E-state index in [1.807, 2.05) is 37.3 Å². The molecule has 1 aliphatic rings. The number of Topliss-reactive ketones (excluding diaryl/α,β-unsaturated/α-hetero) is 1. The maximum Gasteiger partial charge on any atom is 0.410 e. The normalized spacial score (nSPS) is 15.5. The molecule has 1 amide bonds. The van der Waals surface area contributed by atoms with Gasteiger partial charge < -0.3 is 19.7 Å². The Bertz CT molecular complexity index is 671. The Kier molecular flexibility index (Phi) is 10.3. The Balaban J connectivity index is 1.68. The lowest BCUT2D eigenvalue weighted by molar-refractivity contribution is -0.146. The number of benzene rings is 1. The van der Waals surface area contributed by atoms with Crippen molar-refractivity contribution in [1.82, 2.24) is 10.2 Å². The summed E-state index contributed by atoms with van der Waals surface area (Å²) in [6.07, 6.45) is 2.68. The fraction of sp³-hybridized carbons (Fsp3) is 0.609. The number of likely N-dealkylation sites (tertiary alicyclic amines) is 1. The molecule has 1 saturated heterocycles. The highest BCUT2D eigenvalue weighted by atomic mass is 16.6. The highest BCUT2D eigenvalue weighted by molar-refractivity contribution is 5.81. The van der Waals surface area contributed by atoms with E-state index < -0.39 is 0 Å². The van der Waals surface area contributed by atoms with Gasteiger partial charge in [-0.15, -0.1) is 0 Å². The minimum atomic E-state index is -0.357. The molecule has 30 heavy (non-hydrogen) atoms. The van der Waals surface area contributed by atoms with Crippen LogP contribution in [0.4, 0.5) is 4.79 Å². The molecule has 0 aliphatic carbocycles. The first-order valence-electron chi connectivity index (χ1n) is 10.9. The molecule has 7 heteroatoms. The van der Waals surface area contributed by atoms with Crippen LogP contribution in [0.25, 0.3) is 0 Å².